The molecule has 0 saturated carbocycles. The summed E-state index contributed by atoms with van der Waals surface area (Å²) in [6.07, 6.45) is 0. The zero-order valence-corrected chi connectivity index (χ0v) is 15.5. The van der Waals surface area contributed by atoms with Gasteiger partial charge in [0.05, 0.1) is 14.2 Å². The highest BCUT2D eigenvalue weighted by Gasteiger charge is 2.18. The van der Waals surface area contributed by atoms with Crippen LogP contribution in [0.1, 0.15) is 5.56 Å². The summed E-state index contributed by atoms with van der Waals surface area (Å²) in [5.41, 5.74) is 1.24. The molecule has 2 aromatic carbocycles. The summed E-state index contributed by atoms with van der Waals surface area (Å²) < 4.78 is 29.8. The van der Waals surface area contributed by atoms with E-state index in [9.17, 15) is 14.0 Å². The van der Waals surface area contributed by atoms with Crippen molar-refractivity contribution in [2.45, 2.75) is 13.5 Å². The lowest BCUT2D eigenvalue weighted by Crippen LogP contribution is -2.25. The molecule has 1 N–H and O–H groups in total. The molecule has 3 aromatic rings. The van der Waals surface area contributed by atoms with Gasteiger partial charge in [-0.25, -0.2) is 13.8 Å². The highest BCUT2D eigenvalue weighted by molar-refractivity contribution is 5.90. The molecular weight excluding hydrogens is 369 g/mol. The van der Waals surface area contributed by atoms with Crippen LogP contribution in [0.5, 0.6) is 11.5 Å². The Morgan fingerprint density at radius 3 is 2.61 bits per heavy atom. The Kier molecular flexibility index (Phi) is 5.44. The normalized spacial score (nSPS) is 10.6. The van der Waals surface area contributed by atoms with Crippen LogP contribution in [0.15, 0.2) is 45.7 Å². The summed E-state index contributed by atoms with van der Waals surface area (Å²) >= 11 is 0. The van der Waals surface area contributed by atoms with Crippen molar-refractivity contribution < 1.29 is 23.2 Å². The smallest absolute Gasteiger partial charge is 0.442 e. The van der Waals surface area contributed by atoms with E-state index in [-0.39, 0.29) is 18.1 Å². The minimum Gasteiger partial charge on any atom is -0.493 e. The number of ether oxygens (including phenoxy) is 2. The van der Waals surface area contributed by atoms with Gasteiger partial charge < -0.3 is 14.8 Å². The summed E-state index contributed by atoms with van der Waals surface area (Å²) in [6.45, 7) is 1.26. The number of halogens is 1. The van der Waals surface area contributed by atoms with E-state index < -0.39 is 17.5 Å². The van der Waals surface area contributed by atoms with E-state index in [2.05, 4.69) is 10.5 Å². The molecule has 1 amide bonds. The summed E-state index contributed by atoms with van der Waals surface area (Å²) in [4.78, 5) is 24.3. The topological polar surface area (TPSA) is 95.6 Å². The number of rotatable bonds is 6. The van der Waals surface area contributed by atoms with Gasteiger partial charge in [-0.15, -0.1) is 0 Å². The molecule has 0 spiro atoms. The number of carbonyl (C=O) groups is 1. The molecule has 8 nitrogen and oxygen atoms in total. The Labute approximate surface area is 159 Å². The first-order valence-electron chi connectivity index (χ1n) is 8.28. The van der Waals surface area contributed by atoms with Crippen molar-refractivity contribution >= 4 is 11.6 Å². The predicted molar refractivity (Wildman–Crippen MR) is 99.1 cm³/mol. The highest BCUT2D eigenvalue weighted by Crippen LogP contribution is 2.31. The van der Waals surface area contributed by atoms with Crippen molar-refractivity contribution in [1.82, 2.24) is 9.72 Å². The number of methoxy groups -OCH3 is 2. The molecule has 0 radical (unpaired) electrons. The van der Waals surface area contributed by atoms with Gasteiger partial charge in [0.15, 0.2) is 17.3 Å². The lowest BCUT2D eigenvalue weighted by Gasteiger charge is -2.10. The first-order valence-corrected chi connectivity index (χ1v) is 8.28. The molecule has 1 heterocycles. The summed E-state index contributed by atoms with van der Waals surface area (Å²) in [7, 11) is 2.98. The molecule has 0 unspecified atom stereocenters. The zero-order valence-electron chi connectivity index (χ0n) is 15.5. The molecular formula is C19H18FN3O5. The number of hydrogen-bond acceptors (Lipinski definition) is 6. The molecule has 146 valence electrons. The summed E-state index contributed by atoms with van der Waals surface area (Å²) in [6, 6.07) is 9.24. The van der Waals surface area contributed by atoms with Crippen LogP contribution in [0, 0.1) is 12.7 Å². The Bertz CT molecular complexity index is 1070. The molecule has 3 rings (SSSR count). The van der Waals surface area contributed by atoms with E-state index in [4.69, 9.17) is 14.0 Å². The van der Waals surface area contributed by atoms with E-state index >= 15 is 0 Å². The van der Waals surface area contributed by atoms with Gasteiger partial charge in [-0.2, -0.15) is 0 Å². The number of nitrogens with one attached hydrogen (secondary N) is 1. The molecule has 28 heavy (non-hydrogen) atoms. The van der Waals surface area contributed by atoms with E-state index in [0.717, 1.165) is 4.57 Å². The fraction of sp³-hybridized carbons (Fsp3) is 0.211. The molecule has 0 aliphatic rings. The van der Waals surface area contributed by atoms with Crippen LogP contribution in [0.25, 0.3) is 11.4 Å². The maximum Gasteiger partial charge on any atom is 0.442 e. The number of aryl methyl sites for hydroxylation is 1. The van der Waals surface area contributed by atoms with Gasteiger partial charge in [0.2, 0.25) is 5.91 Å². The van der Waals surface area contributed by atoms with Crippen molar-refractivity contribution in [3.05, 3.63) is 58.3 Å². The van der Waals surface area contributed by atoms with Crippen molar-refractivity contribution in [2.24, 2.45) is 0 Å². The van der Waals surface area contributed by atoms with Gasteiger partial charge in [-0.05, 0) is 42.8 Å². The second-order valence-corrected chi connectivity index (χ2v) is 5.94. The SMILES string of the molecule is COc1ccc(-c2noc(=O)n2CC(=O)Nc2ccc(C)c(F)c2)cc1OC. The monoisotopic (exact) mass is 387 g/mol. The largest absolute Gasteiger partial charge is 0.493 e. The molecule has 0 atom stereocenters. The molecule has 0 aliphatic carbocycles. The van der Waals surface area contributed by atoms with Gasteiger partial charge in [0, 0.05) is 11.3 Å². The Morgan fingerprint density at radius 1 is 1.18 bits per heavy atom. The standard InChI is InChI=1S/C19H18FN3O5/c1-11-4-6-13(9-14(11)20)21-17(24)10-23-18(22-28-19(23)25)12-5-7-15(26-2)16(8-12)27-3/h4-9H,10H2,1-3H3,(H,21,24). The zero-order chi connectivity index (χ0) is 20.3. The number of benzene rings is 2. The van der Waals surface area contributed by atoms with Crippen LogP contribution in [0.3, 0.4) is 0 Å². The van der Waals surface area contributed by atoms with Crippen molar-refractivity contribution in [3.63, 3.8) is 0 Å². The second-order valence-electron chi connectivity index (χ2n) is 5.94. The fourth-order valence-corrected chi connectivity index (χ4v) is 2.61. The maximum atomic E-state index is 13.6. The van der Waals surface area contributed by atoms with Crippen molar-refractivity contribution in [2.75, 3.05) is 19.5 Å². The first kappa shape index (κ1) is 19.2. The summed E-state index contributed by atoms with van der Waals surface area (Å²) in [5, 5.41) is 6.28. The number of aromatic nitrogens is 2. The molecule has 0 bridgehead atoms. The van der Waals surface area contributed by atoms with Gasteiger partial charge in [-0.3, -0.25) is 9.32 Å². The summed E-state index contributed by atoms with van der Waals surface area (Å²) in [5.74, 6) is -0.684. The highest BCUT2D eigenvalue weighted by atomic mass is 19.1. The molecule has 9 heteroatoms. The van der Waals surface area contributed by atoms with E-state index in [1.807, 2.05) is 0 Å². The average molecular weight is 387 g/mol. The number of anilines is 1. The number of hydrogen-bond donors (Lipinski definition) is 1. The van der Waals surface area contributed by atoms with Gasteiger partial charge in [-0.1, -0.05) is 11.2 Å². The predicted octanol–water partition coefficient (Wildman–Crippen LogP) is 2.61. The Morgan fingerprint density at radius 2 is 1.93 bits per heavy atom. The number of amides is 1. The Balaban J connectivity index is 1.86. The van der Waals surface area contributed by atoms with Crippen LogP contribution in [0.2, 0.25) is 0 Å². The third kappa shape index (κ3) is 3.88. The minimum atomic E-state index is -0.796. The third-order valence-electron chi connectivity index (χ3n) is 4.09. The van der Waals surface area contributed by atoms with Gasteiger partial charge in [0.25, 0.3) is 0 Å². The van der Waals surface area contributed by atoms with Gasteiger partial charge in [0.1, 0.15) is 12.4 Å². The van der Waals surface area contributed by atoms with E-state index in [0.29, 0.717) is 22.6 Å². The molecule has 0 aliphatic heterocycles. The lowest BCUT2D eigenvalue weighted by molar-refractivity contribution is -0.116. The third-order valence-corrected chi connectivity index (χ3v) is 4.09. The number of carbonyl (C=O) groups excluding carboxylic acids is 1. The first-order chi connectivity index (χ1) is 13.4. The number of nitrogens with zero attached hydrogens (tertiary/aromatic N) is 2. The molecule has 1 aromatic heterocycles. The maximum absolute atomic E-state index is 13.6. The van der Waals surface area contributed by atoms with Crippen molar-refractivity contribution in [1.29, 1.82) is 0 Å². The van der Waals surface area contributed by atoms with E-state index in [1.54, 1.807) is 37.3 Å². The lowest BCUT2D eigenvalue weighted by atomic mass is 10.2. The average Bonchev–Trinajstić information content (AvgIpc) is 3.04. The quantitative estimate of drug-likeness (QED) is 0.699. The Hall–Kier alpha value is -3.62. The second kappa shape index (κ2) is 7.95. The van der Waals surface area contributed by atoms with Crippen LogP contribution < -0.4 is 20.5 Å². The van der Waals surface area contributed by atoms with Crippen LogP contribution in [0.4, 0.5) is 10.1 Å². The fourth-order valence-electron chi connectivity index (χ4n) is 2.61. The minimum absolute atomic E-state index is 0.149. The molecule has 0 fully saturated rings. The van der Waals surface area contributed by atoms with Crippen LogP contribution >= 0.6 is 0 Å². The van der Waals surface area contributed by atoms with E-state index in [1.165, 1.54) is 20.3 Å². The van der Waals surface area contributed by atoms with Crippen molar-refractivity contribution in [3.8, 4) is 22.9 Å². The van der Waals surface area contributed by atoms with Crippen LogP contribution in [-0.4, -0.2) is 29.9 Å². The molecule has 0 saturated heterocycles. The van der Waals surface area contributed by atoms with Crippen LogP contribution in [-0.2, 0) is 11.3 Å². The van der Waals surface area contributed by atoms with Gasteiger partial charge >= 0.3 is 5.76 Å².